The molecule has 0 aliphatic carbocycles. The van der Waals surface area contributed by atoms with Crippen molar-refractivity contribution in [2.75, 3.05) is 19.5 Å². The average Bonchev–Trinajstić information content (AvgIpc) is 3.08. The number of thiazole rings is 1. The lowest BCUT2D eigenvalue weighted by Gasteiger charge is -2.11. The van der Waals surface area contributed by atoms with E-state index in [1.54, 1.807) is 18.2 Å². The van der Waals surface area contributed by atoms with Crippen LogP contribution in [0.1, 0.15) is 10.4 Å². The second-order valence-electron chi connectivity index (χ2n) is 5.43. The van der Waals surface area contributed by atoms with Crippen molar-refractivity contribution in [3.8, 4) is 11.5 Å². The van der Waals surface area contributed by atoms with Gasteiger partial charge in [-0.15, -0.1) is 0 Å². The molecular formula is C17H11F4N3O3S2. The molecule has 1 amide bonds. The zero-order valence-electron chi connectivity index (χ0n) is 14.7. The fourth-order valence-corrected chi connectivity index (χ4v) is 3.52. The molecule has 0 aliphatic heterocycles. The molecule has 3 aromatic rings. The fraction of sp³-hybridized carbons (Fsp3) is 0.118. The van der Waals surface area contributed by atoms with Crippen molar-refractivity contribution in [2.24, 2.45) is 0 Å². The van der Waals surface area contributed by atoms with Crippen LogP contribution in [0.5, 0.6) is 11.5 Å². The summed E-state index contributed by atoms with van der Waals surface area (Å²) < 4.78 is 65.7. The highest BCUT2D eigenvalue weighted by atomic mass is 32.1. The van der Waals surface area contributed by atoms with Crippen LogP contribution in [0, 0.1) is 23.3 Å². The highest BCUT2D eigenvalue weighted by Gasteiger charge is 2.30. The highest BCUT2D eigenvalue weighted by Crippen LogP contribution is 2.30. The Morgan fingerprint density at radius 2 is 1.72 bits per heavy atom. The summed E-state index contributed by atoms with van der Waals surface area (Å²) in [7, 11) is 2.34. The molecule has 0 atom stereocenters. The Labute approximate surface area is 170 Å². The number of aromatic nitrogens is 1. The third kappa shape index (κ3) is 3.93. The number of hydrogen-bond donors (Lipinski definition) is 2. The number of methoxy groups -OCH3 is 2. The molecule has 0 saturated heterocycles. The summed E-state index contributed by atoms with van der Waals surface area (Å²) in [5, 5.41) is 4.42. The van der Waals surface area contributed by atoms with Gasteiger partial charge in [0.05, 0.1) is 24.4 Å². The van der Waals surface area contributed by atoms with Crippen molar-refractivity contribution in [3.63, 3.8) is 0 Å². The molecule has 6 nitrogen and oxygen atoms in total. The first kappa shape index (κ1) is 20.7. The molecule has 0 spiro atoms. The summed E-state index contributed by atoms with van der Waals surface area (Å²) in [6.45, 7) is 0. The summed E-state index contributed by atoms with van der Waals surface area (Å²) >= 11 is 6.08. The standard InChI is InChI=1S/C17H11F4N3O3S2/c1-26-6-3-4-7-8(5-6)29-17(22-7)24-16(28)23-15(25)9-10(18)12(20)14(27-2)13(21)11(9)19/h3-5H,1-2H3,(H2,22,23,24,25,28). The lowest BCUT2D eigenvalue weighted by Crippen LogP contribution is -2.35. The molecule has 0 aliphatic rings. The number of benzene rings is 2. The number of carbonyl (C=O) groups excluding carboxylic acids is 1. The minimum Gasteiger partial charge on any atom is -0.497 e. The SMILES string of the molecule is COc1ccc2nc(NC(=S)NC(=O)c3c(F)c(F)c(OC)c(F)c3F)sc2c1. The molecule has 2 N–H and O–H groups in total. The first-order chi connectivity index (χ1) is 13.8. The minimum atomic E-state index is -1.91. The molecule has 29 heavy (non-hydrogen) atoms. The van der Waals surface area contributed by atoms with Crippen LogP contribution in [0.3, 0.4) is 0 Å². The molecule has 12 heteroatoms. The number of amides is 1. The van der Waals surface area contributed by atoms with E-state index in [-0.39, 0.29) is 10.2 Å². The monoisotopic (exact) mass is 445 g/mol. The van der Waals surface area contributed by atoms with E-state index in [9.17, 15) is 22.4 Å². The number of thiocarbonyl (C=S) groups is 1. The topological polar surface area (TPSA) is 72.5 Å². The molecule has 0 unspecified atom stereocenters. The fourth-order valence-electron chi connectivity index (χ4n) is 2.37. The lowest BCUT2D eigenvalue weighted by molar-refractivity contribution is 0.0966. The lowest BCUT2D eigenvalue weighted by atomic mass is 10.1. The Kier molecular flexibility index (Phi) is 5.84. The van der Waals surface area contributed by atoms with Crippen molar-refractivity contribution >= 4 is 49.9 Å². The molecule has 0 bridgehead atoms. The van der Waals surface area contributed by atoms with Gasteiger partial charge in [-0.25, -0.2) is 13.8 Å². The van der Waals surface area contributed by atoms with Gasteiger partial charge in [0, 0.05) is 0 Å². The maximum absolute atomic E-state index is 14.0. The van der Waals surface area contributed by atoms with Crippen LogP contribution in [0.15, 0.2) is 18.2 Å². The van der Waals surface area contributed by atoms with Gasteiger partial charge in [-0.05, 0) is 30.4 Å². The van der Waals surface area contributed by atoms with Crippen LogP contribution < -0.4 is 20.1 Å². The molecule has 1 aromatic heterocycles. The first-order valence-electron chi connectivity index (χ1n) is 7.73. The van der Waals surface area contributed by atoms with Crippen LogP contribution >= 0.6 is 23.6 Å². The number of fused-ring (bicyclic) bond motifs is 1. The van der Waals surface area contributed by atoms with Crippen LogP contribution in [-0.2, 0) is 0 Å². The number of nitrogens with one attached hydrogen (secondary N) is 2. The number of anilines is 1. The van der Waals surface area contributed by atoms with E-state index in [0.29, 0.717) is 11.3 Å². The van der Waals surface area contributed by atoms with Crippen molar-refractivity contribution < 1.29 is 31.8 Å². The van der Waals surface area contributed by atoms with E-state index in [0.717, 1.165) is 11.8 Å². The maximum atomic E-state index is 14.0. The predicted molar refractivity (Wildman–Crippen MR) is 103 cm³/mol. The van der Waals surface area contributed by atoms with Gasteiger partial charge in [0.1, 0.15) is 11.3 Å². The molecule has 0 radical (unpaired) electrons. The minimum absolute atomic E-state index is 0.270. The second-order valence-corrected chi connectivity index (χ2v) is 6.86. The van der Waals surface area contributed by atoms with Gasteiger partial charge in [0.15, 0.2) is 27.6 Å². The van der Waals surface area contributed by atoms with Gasteiger partial charge >= 0.3 is 0 Å². The second kappa shape index (κ2) is 8.17. The van der Waals surface area contributed by atoms with Crippen molar-refractivity contribution in [1.82, 2.24) is 10.3 Å². The molecule has 152 valence electrons. The molecule has 3 rings (SSSR count). The van der Waals surface area contributed by atoms with Gasteiger partial charge in [0.2, 0.25) is 11.6 Å². The number of ether oxygens (including phenoxy) is 2. The first-order valence-corrected chi connectivity index (χ1v) is 8.96. The number of nitrogens with zero attached hydrogens (tertiary/aromatic N) is 1. The van der Waals surface area contributed by atoms with Crippen LogP contribution in [0.2, 0.25) is 0 Å². The predicted octanol–water partition coefficient (Wildman–Crippen LogP) is 4.00. The number of hydrogen-bond acceptors (Lipinski definition) is 6. The zero-order chi connectivity index (χ0) is 21.3. The Morgan fingerprint density at radius 1 is 1.07 bits per heavy atom. The summed E-state index contributed by atoms with van der Waals surface area (Å²) in [6, 6.07) is 5.13. The van der Waals surface area contributed by atoms with E-state index < -0.39 is 40.5 Å². The number of halogens is 4. The molecule has 2 aromatic carbocycles. The van der Waals surface area contributed by atoms with E-state index >= 15 is 0 Å². The van der Waals surface area contributed by atoms with E-state index in [4.69, 9.17) is 17.0 Å². The molecule has 0 saturated carbocycles. The Bertz CT molecular complexity index is 1110. The summed E-state index contributed by atoms with van der Waals surface area (Å²) in [6.07, 6.45) is 0. The third-order valence-corrected chi connectivity index (χ3v) is 4.84. The third-order valence-electron chi connectivity index (χ3n) is 3.70. The van der Waals surface area contributed by atoms with Crippen molar-refractivity contribution in [3.05, 3.63) is 47.0 Å². The summed E-state index contributed by atoms with van der Waals surface area (Å²) in [5.41, 5.74) is -0.859. The van der Waals surface area contributed by atoms with Gasteiger partial charge in [-0.2, -0.15) is 8.78 Å². The van der Waals surface area contributed by atoms with E-state index in [2.05, 4.69) is 15.0 Å². The van der Waals surface area contributed by atoms with Crippen LogP contribution in [0.4, 0.5) is 22.7 Å². The van der Waals surface area contributed by atoms with Gasteiger partial charge in [-0.3, -0.25) is 10.1 Å². The average molecular weight is 445 g/mol. The van der Waals surface area contributed by atoms with E-state index in [1.165, 1.54) is 18.4 Å². The molecule has 1 heterocycles. The Morgan fingerprint density at radius 3 is 2.31 bits per heavy atom. The highest BCUT2D eigenvalue weighted by molar-refractivity contribution is 7.80. The van der Waals surface area contributed by atoms with Crippen molar-refractivity contribution in [2.45, 2.75) is 0 Å². The quantitative estimate of drug-likeness (QED) is 0.359. The molecule has 0 fully saturated rings. The van der Waals surface area contributed by atoms with Crippen LogP contribution in [-0.4, -0.2) is 30.2 Å². The molecular weight excluding hydrogens is 434 g/mol. The van der Waals surface area contributed by atoms with E-state index in [1.807, 2.05) is 5.32 Å². The summed E-state index contributed by atoms with van der Waals surface area (Å²) in [4.78, 5) is 16.3. The van der Waals surface area contributed by atoms with Crippen LogP contribution in [0.25, 0.3) is 10.2 Å². The van der Waals surface area contributed by atoms with Gasteiger partial charge in [-0.1, -0.05) is 11.3 Å². The normalized spacial score (nSPS) is 10.7. The largest absolute Gasteiger partial charge is 0.497 e. The van der Waals surface area contributed by atoms with Crippen molar-refractivity contribution in [1.29, 1.82) is 0 Å². The smallest absolute Gasteiger partial charge is 0.263 e. The van der Waals surface area contributed by atoms with Gasteiger partial charge < -0.3 is 14.8 Å². The number of carbonyl (C=O) groups is 1. The zero-order valence-corrected chi connectivity index (χ0v) is 16.4. The summed E-state index contributed by atoms with van der Waals surface area (Å²) in [5.74, 6) is -9.65. The maximum Gasteiger partial charge on any atom is 0.263 e. The Hall–Kier alpha value is -2.99. The Balaban J connectivity index is 1.80. The number of rotatable bonds is 4. The van der Waals surface area contributed by atoms with Gasteiger partial charge in [0.25, 0.3) is 5.91 Å².